The fourth-order valence-electron chi connectivity index (χ4n) is 3.11. The van der Waals surface area contributed by atoms with Crippen LogP contribution in [0.3, 0.4) is 0 Å². The van der Waals surface area contributed by atoms with Crippen LogP contribution in [-0.2, 0) is 11.4 Å². The molecule has 7 nitrogen and oxygen atoms in total. The molecule has 0 aromatic heterocycles. The zero-order valence-electron chi connectivity index (χ0n) is 19.9. The maximum Gasteiger partial charge on any atom is 0.262 e. The summed E-state index contributed by atoms with van der Waals surface area (Å²) in [5.74, 6) is 0.140. The highest BCUT2D eigenvalue weighted by atomic mass is 79.9. The van der Waals surface area contributed by atoms with Crippen molar-refractivity contribution in [2.24, 2.45) is 5.10 Å². The van der Waals surface area contributed by atoms with Crippen molar-refractivity contribution in [1.29, 1.82) is 0 Å². The summed E-state index contributed by atoms with van der Waals surface area (Å²) in [4.78, 5) is 24.8. The molecule has 2 amide bonds. The largest absolute Gasteiger partial charge is 0.490 e. The minimum atomic E-state index is -0.807. The molecule has 0 aliphatic heterocycles. The fourth-order valence-corrected chi connectivity index (χ4v) is 4.61. The van der Waals surface area contributed by atoms with Crippen molar-refractivity contribution in [2.45, 2.75) is 26.5 Å². The molecule has 1 atom stereocenters. The van der Waals surface area contributed by atoms with E-state index in [1.165, 1.54) is 6.21 Å². The number of hydrogen-bond acceptors (Lipinski definition) is 5. The quantitative estimate of drug-likeness (QED) is 0.184. The van der Waals surface area contributed by atoms with E-state index in [9.17, 15) is 9.59 Å². The van der Waals surface area contributed by atoms with Crippen LogP contribution in [0.4, 0.5) is 0 Å². The minimum Gasteiger partial charge on any atom is -0.490 e. The first-order chi connectivity index (χ1) is 17.7. The molecule has 0 spiro atoms. The van der Waals surface area contributed by atoms with Gasteiger partial charge in [0.2, 0.25) is 0 Å². The van der Waals surface area contributed by atoms with Gasteiger partial charge in [-0.2, -0.15) is 5.10 Å². The Morgan fingerprint density at radius 1 is 1.05 bits per heavy atom. The lowest BCUT2D eigenvalue weighted by molar-refractivity contribution is -0.122. The maximum absolute atomic E-state index is 12.4. The van der Waals surface area contributed by atoms with Crippen LogP contribution < -0.4 is 20.2 Å². The van der Waals surface area contributed by atoms with Crippen molar-refractivity contribution in [1.82, 2.24) is 10.7 Å². The van der Waals surface area contributed by atoms with Gasteiger partial charge in [0.05, 0.1) is 22.9 Å². The molecule has 0 saturated carbocycles. The molecule has 0 saturated heterocycles. The van der Waals surface area contributed by atoms with Crippen LogP contribution in [0, 0.1) is 0 Å². The third-order valence-electron chi connectivity index (χ3n) is 4.97. The summed E-state index contributed by atoms with van der Waals surface area (Å²) in [7, 11) is 0. The smallest absolute Gasteiger partial charge is 0.262 e. The van der Waals surface area contributed by atoms with Gasteiger partial charge in [0.15, 0.2) is 11.5 Å². The molecule has 11 heteroatoms. The molecular weight excluding hydrogens is 649 g/mol. The van der Waals surface area contributed by atoms with Crippen LogP contribution in [0.1, 0.15) is 35.3 Å². The van der Waals surface area contributed by atoms with Gasteiger partial charge in [-0.05, 0) is 87.7 Å². The molecule has 0 radical (unpaired) electrons. The van der Waals surface area contributed by atoms with Gasteiger partial charge < -0.3 is 14.8 Å². The van der Waals surface area contributed by atoms with E-state index in [4.69, 9.17) is 32.7 Å². The number of rotatable bonds is 10. The van der Waals surface area contributed by atoms with Crippen molar-refractivity contribution in [2.75, 3.05) is 6.61 Å². The SMILES string of the molecule is CCOc1cc(C=NNC(=O)C(C)NC(=O)c2ccccc2Br)cc(Br)c1OCc1ccc(Cl)cc1Cl. The Bertz CT molecular complexity index is 1320. The zero-order valence-corrected chi connectivity index (χ0v) is 24.5. The highest BCUT2D eigenvalue weighted by Gasteiger charge is 2.18. The number of hydrazone groups is 1. The van der Waals surface area contributed by atoms with Gasteiger partial charge in [0, 0.05) is 20.1 Å². The number of nitrogens with zero attached hydrogens (tertiary/aromatic N) is 1. The van der Waals surface area contributed by atoms with E-state index in [2.05, 4.69) is 47.7 Å². The maximum atomic E-state index is 12.4. The molecule has 0 heterocycles. The second-order valence-electron chi connectivity index (χ2n) is 7.70. The van der Waals surface area contributed by atoms with E-state index in [0.717, 1.165) is 5.56 Å². The van der Waals surface area contributed by atoms with Crippen molar-refractivity contribution in [3.63, 3.8) is 0 Å². The first-order valence-electron chi connectivity index (χ1n) is 11.1. The summed E-state index contributed by atoms with van der Waals surface area (Å²) in [6.45, 7) is 4.05. The Hall–Kier alpha value is -2.59. The number of amides is 2. The molecule has 3 aromatic carbocycles. The molecule has 0 bridgehead atoms. The molecular formula is C26H23Br2Cl2N3O4. The molecule has 0 aliphatic carbocycles. The Kier molecular flexibility index (Phi) is 10.8. The van der Waals surface area contributed by atoms with E-state index >= 15 is 0 Å². The minimum absolute atomic E-state index is 0.210. The van der Waals surface area contributed by atoms with Crippen molar-refractivity contribution < 1.29 is 19.1 Å². The summed E-state index contributed by atoms with van der Waals surface area (Å²) >= 11 is 19.1. The third kappa shape index (κ3) is 8.20. The van der Waals surface area contributed by atoms with Gasteiger partial charge in [-0.1, -0.05) is 41.4 Å². The first-order valence-corrected chi connectivity index (χ1v) is 13.4. The van der Waals surface area contributed by atoms with Crippen LogP contribution in [0.2, 0.25) is 10.0 Å². The third-order valence-corrected chi connectivity index (χ3v) is 6.83. The van der Waals surface area contributed by atoms with Crippen LogP contribution in [0.5, 0.6) is 11.5 Å². The summed E-state index contributed by atoms with van der Waals surface area (Å²) in [6, 6.07) is 14.8. The molecule has 37 heavy (non-hydrogen) atoms. The van der Waals surface area contributed by atoms with Crippen LogP contribution >= 0.6 is 55.1 Å². The van der Waals surface area contributed by atoms with Crippen molar-refractivity contribution >= 4 is 73.1 Å². The standard InChI is InChI=1S/C26H23Br2Cl2N3O4/c1-3-36-23-11-16(10-21(28)24(23)37-14-17-8-9-18(29)12-22(17)30)13-31-33-25(34)15(2)32-26(35)19-6-4-5-7-20(19)27/h4-13,15H,3,14H2,1-2H3,(H,32,35)(H,33,34). The highest BCUT2D eigenvalue weighted by Crippen LogP contribution is 2.37. The molecule has 2 N–H and O–H groups in total. The molecule has 3 aromatic rings. The predicted molar refractivity (Wildman–Crippen MR) is 153 cm³/mol. The molecule has 1 unspecified atom stereocenters. The van der Waals surface area contributed by atoms with Gasteiger partial charge in [-0.25, -0.2) is 5.43 Å². The normalized spacial score (nSPS) is 11.7. The zero-order chi connectivity index (χ0) is 26.9. The van der Waals surface area contributed by atoms with Gasteiger partial charge in [-0.3, -0.25) is 9.59 Å². The number of benzene rings is 3. The monoisotopic (exact) mass is 669 g/mol. The number of halogens is 4. The van der Waals surface area contributed by atoms with Crippen molar-refractivity contribution in [3.8, 4) is 11.5 Å². The van der Waals surface area contributed by atoms with Crippen molar-refractivity contribution in [3.05, 3.63) is 90.3 Å². The molecule has 0 aliphatic rings. The lowest BCUT2D eigenvalue weighted by Gasteiger charge is -2.15. The van der Waals surface area contributed by atoms with E-state index in [-0.39, 0.29) is 12.5 Å². The molecule has 3 rings (SSSR count). The Labute approximate surface area is 241 Å². The number of carbonyl (C=O) groups is 2. The van der Waals surface area contributed by atoms with Gasteiger partial charge in [0.25, 0.3) is 11.8 Å². The number of nitrogens with one attached hydrogen (secondary N) is 2. The highest BCUT2D eigenvalue weighted by molar-refractivity contribution is 9.10. The Morgan fingerprint density at radius 2 is 1.81 bits per heavy atom. The van der Waals surface area contributed by atoms with Crippen LogP contribution in [0.25, 0.3) is 0 Å². The lowest BCUT2D eigenvalue weighted by Crippen LogP contribution is -2.43. The Morgan fingerprint density at radius 3 is 2.51 bits per heavy atom. The average molecular weight is 672 g/mol. The van der Waals surface area contributed by atoms with E-state index in [0.29, 0.717) is 48.2 Å². The van der Waals surface area contributed by atoms with E-state index in [1.54, 1.807) is 61.5 Å². The first kappa shape index (κ1) is 29.0. The van der Waals surface area contributed by atoms with Crippen LogP contribution in [-0.4, -0.2) is 30.7 Å². The predicted octanol–water partition coefficient (Wildman–Crippen LogP) is 6.76. The molecule has 194 valence electrons. The fraction of sp³-hybridized carbons (Fsp3) is 0.192. The van der Waals surface area contributed by atoms with Gasteiger partial charge in [0.1, 0.15) is 12.6 Å². The van der Waals surface area contributed by atoms with Gasteiger partial charge >= 0.3 is 0 Å². The number of hydrogen-bond donors (Lipinski definition) is 2. The summed E-state index contributed by atoms with van der Waals surface area (Å²) in [5.41, 5.74) is 4.29. The van der Waals surface area contributed by atoms with E-state index in [1.807, 2.05) is 6.92 Å². The number of carbonyl (C=O) groups excluding carboxylic acids is 2. The summed E-state index contributed by atoms with van der Waals surface area (Å²) in [5, 5.41) is 7.71. The Balaban J connectivity index is 1.65. The topological polar surface area (TPSA) is 89.0 Å². The van der Waals surface area contributed by atoms with Gasteiger partial charge in [-0.15, -0.1) is 0 Å². The summed E-state index contributed by atoms with van der Waals surface area (Å²) < 4.78 is 13.0. The average Bonchev–Trinajstić information content (AvgIpc) is 2.85. The molecule has 0 fully saturated rings. The number of ether oxygens (including phenoxy) is 2. The lowest BCUT2D eigenvalue weighted by atomic mass is 10.2. The summed E-state index contributed by atoms with van der Waals surface area (Å²) in [6.07, 6.45) is 1.47. The van der Waals surface area contributed by atoms with E-state index < -0.39 is 11.9 Å². The second kappa shape index (κ2) is 13.8. The second-order valence-corrected chi connectivity index (χ2v) is 10.2. The van der Waals surface area contributed by atoms with Crippen LogP contribution in [0.15, 0.2) is 68.6 Å².